The lowest BCUT2D eigenvalue weighted by atomic mass is 10.2. The Balaban J connectivity index is 1.72. The molecule has 1 aromatic rings. The maximum atomic E-state index is 5.53. The van der Waals surface area contributed by atoms with E-state index in [2.05, 4.69) is 12.2 Å². The second kappa shape index (κ2) is 4.99. The predicted octanol–water partition coefficient (Wildman–Crippen LogP) is 2.08. The van der Waals surface area contributed by atoms with Crippen LogP contribution in [-0.2, 0) is 9.47 Å². The van der Waals surface area contributed by atoms with Gasteiger partial charge in [-0.05, 0) is 26.0 Å². The highest BCUT2D eigenvalue weighted by molar-refractivity contribution is 5.02. The third-order valence-electron chi connectivity index (χ3n) is 2.90. The number of hydrogen-bond acceptors (Lipinski definition) is 4. The molecule has 0 radical (unpaired) electrons. The molecule has 4 heteroatoms. The summed E-state index contributed by atoms with van der Waals surface area (Å²) in [6.45, 7) is 6.31. The van der Waals surface area contributed by atoms with Gasteiger partial charge in [-0.25, -0.2) is 0 Å². The second-order valence-corrected chi connectivity index (χ2v) is 4.27. The van der Waals surface area contributed by atoms with Crippen molar-refractivity contribution in [3.05, 3.63) is 24.2 Å². The Morgan fingerprint density at radius 3 is 2.81 bits per heavy atom. The quantitative estimate of drug-likeness (QED) is 0.833. The van der Waals surface area contributed by atoms with E-state index >= 15 is 0 Å². The van der Waals surface area contributed by atoms with E-state index in [0.29, 0.717) is 13.2 Å². The van der Waals surface area contributed by atoms with Crippen molar-refractivity contribution in [2.75, 3.05) is 19.8 Å². The molecule has 16 heavy (non-hydrogen) atoms. The molecule has 0 aliphatic carbocycles. The zero-order chi connectivity index (χ0) is 11.4. The number of rotatable bonds is 5. The molecule has 1 N–H and O–H groups in total. The fourth-order valence-corrected chi connectivity index (χ4v) is 1.86. The van der Waals surface area contributed by atoms with Crippen molar-refractivity contribution in [3.63, 3.8) is 0 Å². The summed E-state index contributed by atoms with van der Waals surface area (Å²) in [4.78, 5) is 0. The zero-order valence-electron chi connectivity index (χ0n) is 9.86. The third kappa shape index (κ3) is 2.84. The van der Waals surface area contributed by atoms with E-state index in [9.17, 15) is 0 Å². The van der Waals surface area contributed by atoms with Crippen molar-refractivity contribution in [2.45, 2.75) is 32.1 Å². The Morgan fingerprint density at radius 1 is 1.44 bits per heavy atom. The highest BCUT2D eigenvalue weighted by Gasteiger charge is 2.30. The van der Waals surface area contributed by atoms with Gasteiger partial charge in [0.2, 0.25) is 0 Å². The van der Waals surface area contributed by atoms with Gasteiger partial charge in [0.15, 0.2) is 5.79 Å². The predicted molar refractivity (Wildman–Crippen MR) is 60.1 cm³/mol. The molecule has 0 saturated carbocycles. The van der Waals surface area contributed by atoms with Crippen molar-refractivity contribution >= 4 is 0 Å². The van der Waals surface area contributed by atoms with Gasteiger partial charge < -0.3 is 19.2 Å². The van der Waals surface area contributed by atoms with Crippen LogP contribution in [0.2, 0.25) is 0 Å². The van der Waals surface area contributed by atoms with Gasteiger partial charge in [-0.2, -0.15) is 0 Å². The van der Waals surface area contributed by atoms with Crippen molar-refractivity contribution in [3.8, 4) is 0 Å². The zero-order valence-corrected chi connectivity index (χ0v) is 9.86. The molecule has 0 amide bonds. The van der Waals surface area contributed by atoms with Gasteiger partial charge in [0.25, 0.3) is 0 Å². The molecule has 1 aliphatic heterocycles. The van der Waals surface area contributed by atoms with Crippen LogP contribution >= 0.6 is 0 Å². The molecule has 0 bridgehead atoms. The lowest BCUT2D eigenvalue weighted by molar-refractivity contribution is -0.145. The maximum absolute atomic E-state index is 5.53. The fourth-order valence-electron chi connectivity index (χ4n) is 1.86. The Morgan fingerprint density at radius 2 is 2.19 bits per heavy atom. The molecule has 1 unspecified atom stereocenters. The fraction of sp³-hybridized carbons (Fsp3) is 0.667. The van der Waals surface area contributed by atoms with Crippen LogP contribution in [0.1, 0.15) is 32.1 Å². The van der Waals surface area contributed by atoms with Crippen LogP contribution in [0, 0.1) is 0 Å². The summed E-state index contributed by atoms with van der Waals surface area (Å²) in [6, 6.07) is 4.10. The average molecular weight is 225 g/mol. The van der Waals surface area contributed by atoms with Crippen LogP contribution in [0.15, 0.2) is 22.8 Å². The lowest BCUT2D eigenvalue weighted by Crippen LogP contribution is -2.31. The van der Waals surface area contributed by atoms with Crippen LogP contribution in [0.25, 0.3) is 0 Å². The third-order valence-corrected chi connectivity index (χ3v) is 2.90. The number of ether oxygens (including phenoxy) is 2. The van der Waals surface area contributed by atoms with Crippen LogP contribution < -0.4 is 5.32 Å². The minimum absolute atomic E-state index is 0.222. The van der Waals surface area contributed by atoms with E-state index in [4.69, 9.17) is 13.9 Å². The largest absolute Gasteiger partial charge is 0.468 e. The molecule has 1 fully saturated rings. The molecular formula is C12H19NO3. The van der Waals surface area contributed by atoms with Crippen LogP contribution in [0.5, 0.6) is 0 Å². The van der Waals surface area contributed by atoms with Gasteiger partial charge in [0.05, 0.1) is 25.5 Å². The first-order chi connectivity index (χ1) is 7.70. The first-order valence-electron chi connectivity index (χ1n) is 5.74. The topological polar surface area (TPSA) is 43.6 Å². The number of furan rings is 1. The standard InChI is InChI=1S/C12H19NO3/c1-10(11-4-3-7-14-11)13-6-5-12(2)15-8-9-16-12/h3-4,7,10,13H,5-6,8-9H2,1-2H3. The Labute approximate surface area is 95.9 Å². The number of nitrogens with one attached hydrogen (secondary N) is 1. The van der Waals surface area contributed by atoms with Crippen LogP contribution in [0.4, 0.5) is 0 Å². The van der Waals surface area contributed by atoms with Gasteiger partial charge in [0.1, 0.15) is 5.76 Å². The summed E-state index contributed by atoms with van der Waals surface area (Å²) in [5, 5.41) is 3.38. The van der Waals surface area contributed by atoms with E-state index in [1.54, 1.807) is 6.26 Å². The molecule has 1 atom stereocenters. The van der Waals surface area contributed by atoms with Crippen molar-refractivity contribution in [1.82, 2.24) is 5.32 Å². The minimum Gasteiger partial charge on any atom is -0.468 e. The van der Waals surface area contributed by atoms with Crippen molar-refractivity contribution in [1.29, 1.82) is 0 Å². The SMILES string of the molecule is CC(NCCC1(C)OCCO1)c1ccco1. The highest BCUT2D eigenvalue weighted by atomic mass is 16.7. The monoisotopic (exact) mass is 225 g/mol. The average Bonchev–Trinajstić information content (AvgIpc) is 2.88. The molecular weight excluding hydrogens is 206 g/mol. The van der Waals surface area contributed by atoms with E-state index in [1.165, 1.54) is 0 Å². The van der Waals surface area contributed by atoms with Crippen LogP contribution in [-0.4, -0.2) is 25.5 Å². The molecule has 1 saturated heterocycles. The molecule has 4 nitrogen and oxygen atoms in total. The minimum atomic E-state index is -0.407. The van der Waals surface area contributed by atoms with E-state index in [-0.39, 0.29) is 6.04 Å². The first-order valence-corrected chi connectivity index (χ1v) is 5.74. The summed E-state index contributed by atoms with van der Waals surface area (Å²) in [5.41, 5.74) is 0. The van der Waals surface area contributed by atoms with E-state index in [0.717, 1.165) is 18.7 Å². The molecule has 0 aromatic carbocycles. The van der Waals surface area contributed by atoms with E-state index < -0.39 is 5.79 Å². The molecule has 90 valence electrons. The lowest BCUT2D eigenvalue weighted by Gasteiger charge is -2.23. The summed E-state index contributed by atoms with van der Waals surface area (Å²) in [5.74, 6) is 0.550. The Hall–Kier alpha value is -0.840. The normalized spacial score (nSPS) is 21.1. The summed E-state index contributed by atoms with van der Waals surface area (Å²) in [6.07, 6.45) is 2.54. The van der Waals surface area contributed by atoms with Gasteiger partial charge in [-0.15, -0.1) is 0 Å². The van der Waals surface area contributed by atoms with Crippen molar-refractivity contribution in [2.24, 2.45) is 0 Å². The summed E-state index contributed by atoms with van der Waals surface area (Å²) >= 11 is 0. The van der Waals surface area contributed by atoms with Crippen LogP contribution in [0.3, 0.4) is 0 Å². The smallest absolute Gasteiger partial charge is 0.166 e. The van der Waals surface area contributed by atoms with Gasteiger partial charge >= 0.3 is 0 Å². The number of hydrogen-bond donors (Lipinski definition) is 1. The van der Waals surface area contributed by atoms with Gasteiger partial charge in [-0.3, -0.25) is 0 Å². The molecule has 2 heterocycles. The summed E-state index contributed by atoms with van der Waals surface area (Å²) in [7, 11) is 0. The first kappa shape index (κ1) is 11.6. The summed E-state index contributed by atoms with van der Waals surface area (Å²) < 4.78 is 16.4. The highest BCUT2D eigenvalue weighted by Crippen LogP contribution is 2.22. The van der Waals surface area contributed by atoms with Crippen molar-refractivity contribution < 1.29 is 13.9 Å². The molecule has 1 aromatic heterocycles. The van der Waals surface area contributed by atoms with Gasteiger partial charge in [0, 0.05) is 13.0 Å². The molecule has 1 aliphatic rings. The second-order valence-electron chi connectivity index (χ2n) is 4.27. The molecule has 0 spiro atoms. The molecule has 2 rings (SSSR count). The Kier molecular flexibility index (Phi) is 3.63. The maximum Gasteiger partial charge on any atom is 0.166 e. The van der Waals surface area contributed by atoms with Gasteiger partial charge in [-0.1, -0.05) is 0 Å². The Bertz CT molecular complexity index is 304. The van der Waals surface area contributed by atoms with E-state index in [1.807, 2.05) is 19.1 Å².